The highest BCUT2D eigenvalue weighted by Gasteiger charge is 2.55. The Kier molecular flexibility index (Phi) is 4.50. The molecule has 0 amide bonds. The molecule has 2 unspecified atom stereocenters. The van der Waals surface area contributed by atoms with Crippen LogP contribution in [0.15, 0.2) is 24.3 Å². The molecule has 22 heavy (non-hydrogen) atoms. The molecule has 7 heteroatoms. The van der Waals surface area contributed by atoms with Gasteiger partial charge in [0.25, 0.3) is 0 Å². The maximum atomic E-state index is 12.1. The Bertz CT molecular complexity index is 568. The van der Waals surface area contributed by atoms with E-state index in [-0.39, 0.29) is 6.42 Å². The minimum Gasteiger partial charge on any atom is -0.497 e. The largest absolute Gasteiger partial charge is 0.497 e. The molecule has 0 aliphatic heterocycles. The highest BCUT2D eigenvalue weighted by Crippen LogP contribution is 2.35. The first-order chi connectivity index (χ1) is 10.3. The van der Waals surface area contributed by atoms with Crippen LogP contribution in [0.3, 0.4) is 0 Å². The fraction of sp³-hybridized carbons (Fsp3) is 0.467. The molecule has 1 fully saturated rings. The Morgan fingerprint density at radius 1 is 1.32 bits per heavy atom. The molecule has 1 aromatic rings. The van der Waals surface area contributed by atoms with Gasteiger partial charge in [0.1, 0.15) is 11.9 Å². The Morgan fingerprint density at radius 2 is 1.91 bits per heavy atom. The first kappa shape index (κ1) is 16.4. The van der Waals surface area contributed by atoms with Crippen molar-refractivity contribution in [2.24, 2.45) is 5.92 Å². The number of Topliss-reactive ketones (excluding diaryl/α,β-unsaturated/α-hetero) is 1. The van der Waals surface area contributed by atoms with Crippen molar-refractivity contribution in [1.29, 1.82) is 0 Å². The quantitative estimate of drug-likeness (QED) is 0.583. The Balaban J connectivity index is 2.30. The van der Waals surface area contributed by atoms with Crippen molar-refractivity contribution < 1.29 is 34.8 Å². The monoisotopic (exact) mass is 310 g/mol. The minimum atomic E-state index is -2.41. The summed E-state index contributed by atoms with van der Waals surface area (Å²) in [5.41, 5.74) is -1.79. The lowest BCUT2D eigenvalue weighted by Gasteiger charge is -2.39. The topological polar surface area (TPSA) is 124 Å². The standard InChI is InChI=1S/C15H18O7/c1-22-9-4-2-8(3-5-9)6-10-12(17)13(18)11(16)7-15(10,21)14(19)20/h2-5,10-11,13,16,18,21H,6-7H2,1H3,(H,19,20)/t10-,11?,13-,15?/m0/s1. The molecule has 7 nitrogen and oxygen atoms in total. The summed E-state index contributed by atoms with van der Waals surface area (Å²) in [4.78, 5) is 23.5. The maximum Gasteiger partial charge on any atom is 0.336 e. The highest BCUT2D eigenvalue weighted by atomic mass is 16.5. The summed E-state index contributed by atoms with van der Waals surface area (Å²) in [6.07, 6.45) is -3.95. The number of aliphatic hydroxyl groups is 3. The Labute approximate surface area is 126 Å². The number of rotatable bonds is 4. The van der Waals surface area contributed by atoms with Gasteiger partial charge >= 0.3 is 5.97 Å². The molecule has 0 saturated heterocycles. The number of carboxylic acid groups (broad SMARTS) is 1. The van der Waals surface area contributed by atoms with E-state index in [1.54, 1.807) is 24.3 Å². The van der Waals surface area contributed by atoms with E-state index in [2.05, 4.69) is 0 Å². The van der Waals surface area contributed by atoms with Gasteiger partial charge in [-0.2, -0.15) is 0 Å². The number of benzene rings is 1. The first-order valence-electron chi connectivity index (χ1n) is 6.78. The summed E-state index contributed by atoms with van der Waals surface area (Å²) in [7, 11) is 1.50. The van der Waals surface area contributed by atoms with Crippen LogP contribution in [0.1, 0.15) is 12.0 Å². The fourth-order valence-corrected chi connectivity index (χ4v) is 2.71. The van der Waals surface area contributed by atoms with Crippen molar-refractivity contribution in [3.05, 3.63) is 29.8 Å². The van der Waals surface area contributed by atoms with Gasteiger partial charge in [0.2, 0.25) is 0 Å². The Hall–Kier alpha value is -1.96. The zero-order valence-electron chi connectivity index (χ0n) is 12.0. The third-order valence-electron chi connectivity index (χ3n) is 4.07. The van der Waals surface area contributed by atoms with Gasteiger partial charge in [0.15, 0.2) is 11.4 Å². The van der Waals surface area contributed by atoms with Crippen molar-refractivity contribution >= 4 is 11.8 Å². The van der Waals surface area contributed by atoms with E-state index in [0.717, 1.165) is 0 Å². The number of aliphatic carboxylic acids is 1. The average Bonchev–Trinajstić information content (AvgIpc) is 2.50. The molecule has 0 bridgehead atoms. The zero-order chi connectivity index (χ0) is 16.5. The van der Waals surface area contributed by atoms with E-state index in [1.165, 1.54) is 7.11 Å². The van der Waals surface area contributed by atoms with Gasteiger partial charge in [-0.25, -0.2) is 4.79 Å². The molecule has 120 valence electrons. The van der Waals surface area contributed by atoms with Gasteiger partial charge in [0, 0.05) is 6.42 Å². The third-order valence-corrected chi connectivity index (χ3v) is 4.07. The number of carbonyl (C=O) groups is 2. The number of ether oxygens (including phenoxy) is 1. The van der Waals surface area contributed by atoms with E-state index < -0.39 is 41.9 Å². The van der Waals surface area contributed by atoms with Gasteiger partial charge in [0.05, 0.1) is 19.1 Å². The predicted octanol–water partition coefficient (Wildman–Crippen LogP) is -0.636. The molecule has 1 aromatic carbocycles. The van der Waals surface area contributed by atoms with Crippen molar-refractivity contribution in [3.63, 3.8) is 0 Å². The van der Waals surface area contributed by atoms with E-state index in [1.807, 2.05) is 0 Å². The SMILES string of the molecule is COc1ccc(C[C@H]2C(=O)[C@@H](O)C(O)CC2(O)C(=O)O)cc1. The zero-order valence-corrected chi connectivity index (χ0v) is 12.0. The normalized spacial score (nSPS) is 31.8. The molecule has 0 heterocycles. The van der Waals surface area contributed by atoms with Gasteiger partial charge in [-0.3, -0.25) is 4.79 Å². The van der Waals surface area contributed by atoms with Crippen molar-refractivity contribution in [2.75, 3.05) is 7.11 Å². The van der Waals surface area contributed by atoms with Crippen molar-refractivity contribution in [3.8, 4) is 5.75 Å². The van der Waals surface area contributed by atoms with Crippen LogP contribution in [0, 0.1) is 5.92 Å². The summed E-state index contributed by atoms with van der Waals surface area (Å²) < 4.78 is 5.01. The van der Waals surface area contributed by atoms with Crippen LogP contribution in [0.25, 0.3) is 0 Å². The molecule has 2 rings (SSSR count). The molecular formula is C15H18O7. The molecule has 0 aromatic heterocycles. The van der Waals surface area contributed by atoms with Crippen molar-refractivity contribution in [1.82, 2.24) is 0 Å². The number of carboxylic acids is 1. The number of hydrogen-bond acceptors (Lipinski definition) is 6. The summed E-state index contributed by atoms with van der Waals surface area (Å²) in [5, 5.41) is 38.8. The average molecular weight is 310 g/mol. The maximum absolute atomic E-state index is 12.1. The summed E-state index contributed by atoms with van der Waals surface area (Å²) in [6.45, 7) is 0. The lowest BCUT2D eigenvalue weighted by molar-refractivity contribution is -0.187. The second-order valence-electron chi connectivity index (χ2n) is 5.45. The molecule has 4 N–H and O–H groups in total. The van der Waals surface area contributed by atoms with Crippen LogP contribution in [-0.2, 0) is 16.0 Å². The van der Waals surface area contributed by atoms with Gasteiger partial charge < -0.3 is 25.2 Å². The number of methoxy groups -OCH3 is 1. The number of carbonyl (C=O) groups excluding carboxylic acids is 1. The third kappa shape index (κ3) is 2.83. The molecule has 1 saturated carbocycles. The molecule has 0 radical (unpaired) electrons. The van der Waals surface area contributed by atoms with E-state index in [0.29, 0.717) is 11.3 Å². The number of aliphatic hydroxyl groups excluding tert-OH is 2. The lowest BCUT2D eigenvalue weighted by Crippen LogP contribution is -2.61. The van der Waals surface area contributed by atoms with E-state index >= 15 is 0 Å². The number of hydrogen-bond donors (Lipinski definition) is 4. The second-order valence-corrected chi connectivity index (χ2v) is 5.45. The molecule has 4 atom stereocenters. The lowest BCUT2D eigenvalue weighted by atomic mass is 9.69. The van der Waals surface area contributed by atoms with Gasteiger partial charge in [-0.1, -0.05) is 12.1 Å². The van der Waals surface area contributed by atoms with Crippen LogP contribution < -0.4 is 4.74 Å². The first-order valence-corrected chi connectivity index (χ1v) is 6.78. The molecule has 1 aliphatic rings. The van der Waals surface area contributed by atoms with E-state index in [9.17, 15) is 30.0 Å². The molecule has 0 spiro atoms. The Morgan fingerprint density at radius 3 is 2.41 bits per heavy atom. The van der Waals surface area contributed by atoms with Crippen LogP contribution in [-0.4, -0.2) is 57.1 Å². The van der Waals surface area contributed by atoms with Gasteiger partial charge in [-0.15, -0.1) is 0 Å². The molecule has 1 aliphatic carbocycles. The summed E-state index contributed by atoms with van der Waals surface area (Å²) >= 11 is 0. The highest BCUT2D eigenvalue weighted by molar-refractivity contribution is 5.94. The summed E-state index contributed by atoms with van der Waals surface area (Å²) in [5.74, 6) is -3.20. The second kappa shape index (κ2) is 6.04. The fourth-order valence-electron chi connectivity index (χ4n) is 2.71. The predicted molar refractivity (Wildman–Crippen MR) is 74.4 cm³/mol. The van der Waals surface area contributed by atoms with Crippen LogP contribution in [0.2, 0.25) is 0 Å². The van der Waals surface area contributed by atoms with Crippen LogP contribution in [0.5, 0.6) is 5.75 Å². The van der Waals surface area contributed by atoms with E-state index in [4.69, 9.17) is 4.74 Å². The van der Waals surface area contributed by atoms with Crippen LogP contribution >= 0.6 is 0 Å². The van der Waals surface area contributed by atoms with Crippen LogP contribution in [0.4, 0.5) is 0 Å². The summed E-state index contributed by atoms with van der Waals surface area (Å²) in [6, 6.07) is 6.58. The van der Waals surface area contributed by atoms with Gasteiger partial charge in [-0.05, 0) is 24.1 Å². The number of ketones is 1. The van der Waals surface area contributed by atoms with Crippen molar-refractivity contribution in [2.45, 2.75) is 30.7 Å². The minimum absolute atomic E-state index is 0.0601. The molecular weight excluding hydrogens is 292 g/mol. The smallest absolute Gasteiger partial charge is 0.336 e.